The Kier molecular flexibility index (Phi) is 2.80. The SMILES string of the molecule is O=C1OC(c2ccccc2)CN1C1C2CC3CC(C2)CC1C3. The van der Waals surface area contributed by atoms with Crippen molar-refractivity contribution in [3.05, 3.63) is 35.9 Å². The van der Waals surface area contributed by atoms with Gasteiger partial charge in [-0.25, -0.2) is 4.79 Å². The molecule has 5 aliphatic rings. The first-order valence-corrected chi connectivity index (χ1v) is 8.80. The molecule has 0 aromatic heterocycles. The fourth-order valence-electron chi connectivity index (χ4n) is 5.97. The molecule has 4 aliphatic carbocycles. The molecule has 1 amide bonds. The van der Waals surface area contributed by atoms with E-state index < -0.39 is 0 Å². The summed E-state index contributed by atoms with van der Waals surface area (Å²) in [6.45, 7) is 0.746. The number of ether oxygens (including phenoxy) is 1. The smallest absolute Gasteiger partial charge is 0.410 e. The number of carbonyl (C=O) groups is 1. The van der Waals surface area contributed by atoms with Crippen LogP contribution in [0.2, 0.25) is 0 Å². The summed E-state index contributed by atoms with van der Waals surface area (Å²) in [4.78, 5) is 14.6. The fraction of sp³-hybridized carbons (Fsp3) is 0.632. The molecule has 6 rings (SSSR count). The molecule has 116 valence electrons. The summed E-state index contributed by atoms with van der Waals surface area (Å²) in [5.74, 6) is 3.36. The minimum absolute atomic E-state index is 0.0775. The van der Waals surface area contributed by atoms with Crippen molar-refractivity contribution in [3.8, 4) is 0 Å². The Labute approximate surface area is 131 Å². The molecule has 1 aromatic rings. The van der Waals surface area contributed by atoms with Gasteiger partial charge in [0, 0.05) is 6.04 Å². The predicted molar refractivity (Wildman–Crippen MR) is 83.2 cm³/mol. The maximum atomic E-state index is 12.5. The van der Waals surface area contributed by atoms with Gasteiger partial charge in [0.2, 0.25) is 0 Å². The van der Waals surface area contributed by atoms with Crippen LogP contribution in [-0.4, -0.2) is 23.6 Å². The molecule has 1 unspecified atom stereocenters. The van der Waals surface area contributed by atoms with Crippen LogP contribution in [0.4, 0.5) is 4.79 Å². The van der Waals surface area contributed by atoms with Gasteiger partial charge in [0.1, 0.15) is 6.10 Å². The number of rotatable bonds is 2. The van der Waals surface area contributed by atoms with Gasteiger partial charge in [0.25, 0.3) is 0 Å². The van der Waals surface area contributed by atoms with Crippen LogP contribution in [0.1, 0.15) is 43.8 Å². The summed E-state index contributed by atoms with van der Waals surface area (Å²) < 4.78 is 5.70. The van der Waals surface area contributed by atoms with E-state index in [0.29, 0.717) is 6.04 Å². The number of amides is 1. The van der Waals surface area contributed by atoms with E-state index in [9.17, 15) is 4.79 Å². The summed E-state index contributed by atoms with van der Waals surface area (Å²) in [5, 5.41) is 0. The van der Waals surface area contributed by atoms with Crippen molar-refractivity contribution in [3.63, 3.8) is 0 Å². The Morgan fingerprint density at radius 2 is 1.55 bits per heavy atom. The third kappa shape index (κ3) is 1.90. The van der Waals surface area contributed by atoms with Crippen LogP contribution < -0.4 is 0 Å². The lowest BCUT2D eigenvalue weighted by Gasteiger charge is -2.56. The van der Waals surface area contributed by atoms with Gasteiger partial charge in [-0.3, -0.25) is 0 Å². The minimum Gasteiger partial charge on any atom is -0.439 e. The lowest BCUT2D eigenvalue weighted by molar-refractivity contribution is -0.0480. The highest BCUT2D eigenvalue weighted by atomic mass is 16.6. The van der Waals surface area contributed by atoms with E-state index in [1.165, 1.54) is 32.1 Å². The number of carbonyl (C=O) groups excluding carboxylic acids is 1. The van der Waals surface area contributed by atoms with Crippen molar-refractivity contribution in [1.82, 2.24) is 4.90 Å². The quantitative estimate of drug-likeness (QED) is 0.825. The molecule has 1 atom stereocenters. The predicted octanol–water partition coefficient (Wildman–Crippen LogP) is 4.00. The molecule has 3 heteroatoms. The number of benzene rings is 1. The van der Waals surface area contributed by atoms with Crippen molar-refractivity contribution in [1.29, 1.82) is 0 Å². The van der Waals surface area contributed by atoms with E-state index in [2.05, 4.69) is 17.0 Å². The molecule has 1 saturated heterocycles. The van der Waals surface area contributed by atoms with Crippen molar-refractivity contribution < 1.29 is 9.53 Å². The minimum atomic E-state index is -0.0779. The van der Waals surface area contributed by atoms with Gasteiger partial charge >= 0.3 is 6.09 Å². The average molecular weight is 297 g/mol. The van der Waals surface area contributed by atoms with Gasteiger partial charge in [0.15, 0.2) is 0 Å². The first-order chi connectivity index (χ1) is 10.8. The number of hydrogen-bond donors (Lipinski definition) is 0. The van der Waals surface area contributed by atoms with E-state index in [1.54, 1.807) is 0 Å². The Hall–Kier alpha value is -1.51. The van der Waals surface area contributed by atoms with Crippen LogP contribution in [0, 0.1) is 23.7 Å². The second-order valence-corrected chi connectivity index (χ2v) is 7.86. The van der Waals surface area contributed by atoms with Crippen molar-refractivity contribution >= 4 is 6.09 Å². The number of nitrogens with zero attached hydrogens (tertiary/aromatic N) is 1. The standard InChI is InChI=1S/C19H23NO2/c21-19-20(11-17(22-19)14-4-2-1-3-5-14)18-15-7-12-6-13(9-15)10-16(18)8-12/h1-5,12-13,15-18H,6-11H2. The molecule has 1 aliphatic heterocycles. The molecular formula is C19H23NO2. The molecule has 3 nitrogen and oxygen atoms in total. The highest BCUT2D eigenvalue weighted by Crippen LogP contribution is 2.55. The van der Waals surface area contributed by atoms with Crippen LogP contribution in [0.3, 0.4) is 0 Å². The third-order valence-electron chi connectivity index (χ3n) is 6.55. The van der Waals surface area contributed by atoms with E-state index in [-0.39, 0.29) is 12.2 Å². The van der Waals surface area contributed by atoms with Gasteiger partial charge in [0.05, 0.1) is 6.54 Å². The zero-order valence-electron chi connectivity index (χ0n) is 12.9. The Morgan fingerprint density at radius 1 is 0.909 bits per heavy atom. The molecule has 4 saturated carbocycles. The molecular weight excluding hydrogens is 274 g/mol. The van der Waals surface area contributed by atoms with Crippen molar-refractivity contribution in [2.45, 2.75) is 44.2 Å². The Bertz CT molecular complexity index is 556. The van der Waals surface area contributed by atoms with Gasteiger partial charge in [-0.1, -0.05) is 30.3 Å². The van der Waals surface area contributed by atoms with Crippen LogP contribution in [-0.2, 0) is 4.74 Å². The van der Waals surface area contributed by atoms with Crippen LogP contribution in [0.15, 0.2) is 30.3 Å². The lowest BCUT2D eigenvalue weighted by atomic mass is 9.54. The molecule has 1 aromatic carbocycles. The van der Waals surface area contributed by atoms with Gasteiger partial charge in [-0.2, -0.15) is 0 Å². The Balaban J connectivity index is 1.39. The zero-order valence-corrected chi connectivity index (χ0v) is 12.9. The lowest BCUT2D eigenvalue weighted by Crippen LogP contribution is -2.56. The fourth-order valence-corrected chi connectivity index (χ4v) is 5.97. The van der Waals surface area contributed by atoms with Crippen LogP contribution >= 0.6 is 0 Å². The highest BCUT2D eigenvalue weighted by molar-refractivity contribution is 5.71. The van der Waals surface area contributed by atoms with Gasteiger partial charge < -0.3 is 9.64 Å². The Morgan fingerprint density at radius 3 is 2.18 bits per heavy atom. The first-order valence-electron chi connectivity index (χ1n) is 8.80. The molecule has 0 N–H and O–H groups in total. The average Bonchev–Trinajstić information content (AvgIpc) is 2.89. The summed E-state index contributed by atoms with van der Waals surface area (Å²) in [6, 6.07) is 10.6. The summed E-state index contributed by atoms with van der Waals surface area (Å²) >= 11 is 0. The summed E-state index contributed by atoms with van der Waals surface area (Å²) in [7, 11) is 0. The van der Waals surface area contributed by atoms with Crippen molar-refractivity contribution in [2.75, 3.05) is 6.54 Å². The normalized spacial score (nSPS) is 42.7. The first kappa shape index (κ1) is 13.0. The van der Waals surface area contributed by atoms with Crippen LogP contribution in [0.25, 0.3) is 0 Å². The maximum Gasteiger partial charge on any atom is 0.410 e. The summed E-state index contributed by atoms with van der Waals surface area (Å²) in [6.07, 6.45) is 6.68. The molecule has 0 spiro atoms. The molecule has 22 heavy (non-hydrogen) atoms. The summed E-state index contributed by atoms with van der Waals surface area (Å²) in [5.41, 5.74) is 1.13. The molecule has 0 radical (unpaired) electrons. The van der Waals surface area contributed by atoms with E-state index in [4.69, 9.17) is 4.74 Å². The van der Waals surface area contributed by atoms with E-state index in [1.807, 2.05) is 18.2 Å². The van der Waals surface area contributed by atoms with E-state index >= 15 is 0 Å². The second-order valence-electron chi connectivity index (χ2n) is 7.86. The maximum absolute atomic E-state index is 12.5. The van der Waals surface area contributed by atoms with Crippen LogP contribution in [0.5, 0.6) is 0 Å². The topological polar surface area (TPSA) is 29.5 Å². The number of hydrogen-bond acceptors (Lipinski definition) is 2. The van der Waals surface area contributed by atoms with Gasteiger partial charge in [-0.05, 0) is 61.3 Å². The third-order valence-corrected chi connectivity index (χ3v) is 6.55. The highest BCUT2D eigenvalue weighted by Gasteiger charge is 2.53. The molecule has 4 bridgehead atoms. The van der Waals surface area contributed by atoms with E-state index in [0.717, 1.165) is 35.8 Å². The zero-order chi connectivity index (χ0) is 14.7. The second kappa shape index (κ2) is 4.74. The van der Waals surface area contributed by atoms with Gasteiger partial charge in [-0.15, -0.1) is 0 Å². The molecule has 1 heterocycles. The molecule has 5 fully saturated rings. The largest absolute Gasteiger partial charge is 0.439 e. The van der Waals surface area contributed by atoms with Crippen molar-refractivity contribution in [2.24, 2.45) is 23.7 Å². The monoisotopic (exact) mass is 297 g/mol. The number of cyclic esters (lactones) is 1.